The van der Waals surface area contributed by atoms with Crippen LogP contribution in [0.1, 0.15) is 45.0 Å². The summed E-state index contributed by atoms with van der Waals surface area (Å²) in [5.74, 6) is 1.90. The van der Waals surface area contributed by atoms with Crippen molar-refractivity contribution in [1.82, 2.24) is 15.5 Å². The maximum absolute atomic E-state index is 5.57. The monoisotopic (exact) mass is 283 g/mol. The van der Waals surface area contributed by atoms with Crippen molar-refractivity contribution in [2.75, 3.05) is 26.4 Å². The lowest BCUT2D eigenvalue weighted by molar-refractivity contribution is -0.0941. The van der Waals surface area contributed by atoms with Crippen molar-refractivity contribution in [2.24, 2.45) is 5.92 Å². The molecule has 6 heteroatoms. The molecule has 2 rings (SSSR count). The molecule has 1 aliphatic rings. The van der Waals surface area contributed by atoms with Gasteiger partial charge in [-0.3, -0.25) is 0 Å². The maximum Gasteiger partial charge on any atom is 0.228 e. The number of hydrogen-bond donors (Lipinski definition) is 1. The number of nitrogens with one attached hydrogen (secondary N) is 1. The lowest BCUT2D eigenvalue weighted by Crippen LogP contribution is -2.32. The molecule has 0 spiro atoms. The standard InChI is InChI=1S/C14H25N3O3/c1-4-15-11(7-10(2)3)8-13-16-14(17-20-13)12-9-18-5-6-19-12/h10-12,15H,4-9H2,1-3H3. The Kier molecular flexibility index (Phi) is 5.94. The lowest BCUT2D eigenvalue weighted by Gasteiger charge is -2.19. The molecule has 1 saturated heterocycles. The highest BCUT2D eigenvalue weighted by molar-refractivity contribution is 4.94. The summed E-state index contributed by atoms with van der Waals surface area (Å²) in [6, 6.07) is 0.372. The van der Waals surface area contributed by atoms with Crippen LogP contribution >= 0.6 is 0 Å². The Morgan fingerprint density at radius 1 is 1.35 bits per heavy atom. The average Bonchev–Trinajstić information content (AvgIpc) is 2.88. The van der Waals surface area contributed by atoms with E-state index in [2.05, 4.69) is 36.2 Å². The number of likely N-dealkylation sites (N-methyl/N-ethyl adjacent to an activating group) is 1. The van der Waals surface area contributed by atoms with Gasteiger partial charge in [0.1, 0.15) is 6.10 Å². The third kappa shape index (κ3) is 4.54. The Labute approximate surface area is 120 Å². The van der Waals surface area contributed by atoms with Crippen molar-refractivity contribution in [3.8, 4) is 0 Å². The van der Waals surface area contributed by atoms with Gasteiger partial charge in [0.2, 0.25) is 11.7 Å². The fourth-order valence-electron chi connectivity index (χ4n) is 2.43. The summed E-state index contributed by atoms with van der Waals surface area (Å²) in [4.78, 5) is 4.44. The van der Waals surface area contributed by atoms with Gasteiger partial charge >= 0.3 is 0 Å². The number of nitrogens with zero attached hydrogens (tertiary/aromatic N) is 2. The predicted octanol–water partition coefficient (Wildman–Crippen LogP) is 1.72. The van der Waals surface area contributed by atoms with Crippen molar-refractivity contribution in [3.05, 3.63) is 11.7 Å². The van der Waals surface area contributed by atoms with Crippen molar-refractivity contribution >= 4 is 0 Å². The van der Waals surface area contributed by atoms with E-state index in [9.17, 15) is 0 Å². The number of ether oxygens (including phenoxy) is 2. The molecule has 0 aromatic carbocycles. The minimum absolute atomic E-state index is 0.191. The first-order valence-electron chi connectivity index (χ1n) is 7.44. The van der Waals surface area contributed by atoms with Crippen LogP contribution < -0.4 is 5.32 Å². The second kappa shape index (κ2) is 7.71. The molecular weight excluding hydrogens is 258 g/mol. The second-order valence-corrected chi connectivity index (χ2v) is 5.57. The topological polar surface area (TPSA) is 69.4 Å². The zero-order valence-electron chi connectivity index (χ0n) is 12.6. The molecule has 1 N–H and O–H groups in total. The summed E-state index contributed by atoms with van der Waals surface area (Å²) in [6.07, 6.45) is 1.66. The van der Waals surface area contributed by atoms with Crippen molar-refractivity contribution < 1.29 is 14.0 Å². The van der Waals surface area contributed by atoms with Crippen LogP contribution in [-0.2, 0) is 15.9 Å². The third-order valence-corrected chi connectivity index (χ3v) is 3.26. The van der Waals surface area contributed by atoms with Crippen LogP contribution in [0.25, 0.3) is 0 Å². The Balaban J connectivity index is 1.92. The average molecular weight is 283 g/mol. The van der Waals surface area contributed by atoms with E-state index in [1.54, 1.807) is 0 Å². The molecule has 2 heterocycles. The highest BCUT2D eigenvalue weighted by atomic mass is 16.6. The van der Waals surface area contributed by atoms with E-state index < -0.39 is 0 Å². The van der Waals surface area contributed by atoms with E-state index in [1.807, 2.05) is 0 Å². The van der Waals surface area contributed by atoms with Gasteiger partial charge in [0.05, 0.1) is 19.8 Å². The van der Waals surface area contributed by atoms with Crippen LogP contribution in [0.2, 0.25) is 0 Å². The molecule has 0 aliphatic carbocycles. The van der Waals surface area contributed by atoms with Crippen LogP contribution in [-0.4, -0.2) is 42.5 Å². The first-order valence-corrected chi connectivity index (χ1v) is 7.44. The Morgan fingerprint density at radius 3 is 2.85 bits per heavy atom. The van der Waals surface area contributed by atoms with Gasteiger partial charge in [-0.15, -0.1) is 0 Å². The molecule has 0 saturated carbocycles. The van der Waals surface area contributed by atoms with Gasteiger partial charge in [-0.2, -0.15) is 4.98 Å². The van der Waals surface area contributed by atoms with E-state index in [0.717, 1.165) is 19.4 Å². The molecule has 2 atom stereocenters. The van der Waals surface area contributed by atoms with Crippen LogP contribution in [0.15, 0.2) is 4.52 Å². The molecule has 1 aromatic heterocycles. The highest BCUT2D eigenvalue weighted by Gasteiger charge is 2.23. The molecule has 0 bridgehead atoms. The zero-order valence-corrected chi connectivity index (χ0v) is 12.6. The van der Waals surface area contributed by atoms with E-state index in [4.69, 9.17) is 14.0 Å². The van der Waals surface area contributed by atoms with Gasteiger partial charge in [0.15, 0.2) is 0 Å². The van der Waals surface area contributed by atoms with E-state index in [0.29, 0.717) is 43.5 Å². The quantitative estimate of drug-likeness (QED) is 0.821. The number of hydrogen-bond acceptors (Lipinski definition) is 6. The fraction of sp³-hybridized carbons (Fsp3) is 0.857. The Bertz CT molecular complexity index is 389. The summed E-state index contributed by atoms with van der Waals surface area (Å²) in [5, 5.41) is 7.48. The van der Waals surface area contributed by atoms with Gasteiger partial charge in [0.25, 0.3) is 0 Å². The molecule has 1 aliphatic heterocycles. The first-order chi connectivity index (χ1) is 9.69. The van der Waals surface area contributed by atoms with Crippen LogP contribution in [0.5, 0.6) is 0 Å². The predicted molar refractivity (Wildman–Crippen MR) is 74.4 cm³/mol. The van der Waals surface area contributed by atoms with E-state index >= 15 is 0 Å². The lowest BCUT2D eigenvalue weighted by atomic mass is 10.0. The molecule has 1 aromatic rings. The molecule has 114 valence electrons. The van der Waals surface area contributed by atoms with Gasteiger partial charge < -0.3 is 19.3 Å². The summed E-state index contributed by atoms with van der Waals surface area (Å²) in [6.45, 7) is 9.22. The van der Waals surface area contributed by atoms with Crippen LogP contribution in [0.3, 0.4) is 0 Å². The molecule has 0 amide bonds. The van der Waals surface area contributed by atoms with Gasteiger partial charge in [-0.25, -0.2) is 0 Å². The Morgan fingerprint density at radius 2 is 2.20 bits per heavy atom. The molecule has 1 fully saturated rings. The highest BCUT2D eigenvalue weighted by Crippen LogP contribution is 2.18. The second-order valence-electron chi connectivity index (χ2n) is 5.57. The van der Waals surface area contributed by atoms with Gasteiger partial charge in [-0.1, -0.05) is 25.9 Å². The minimum atomic E-state index is -0.191. The summed E-state index contributed by atoms with van der Waals surface area (Å²) in [7, 11) is 0. The van der Waals surface area contributed by atoms with Crippen molar-refractivity contribution in [3.63, 3.8) is 0 Å². The first kappa shape index (κ1) is 15.4. The van der Waals surface area contributed by atoms with Crippen molar-refractivity contribution in [1.29, 1.82) is 0 Å². The molecule has 6 nitrogen and oxygen atoms in total. The molecular formula is C14H25N3O3. The summed E-state index contributed by atoms with van der Waals surface area (Å²) in [5.41, 5.74) is 0. The van der Waals surface area contributed by atoms with Gasteiger partial charge in [0, 0.05) is 12.5 Å². The molecule has 2 unspecified atom stereocenters. The normalized spacial score (nSPS) is 21.3. The van der Waals surface area contributed by atoms with Crippen molar-refractivity contribution in [2.45, 2.75) is 45.8 Å². The van der Waals surface area contributed by atoms with E-state index in [-0.39, 0.29) is 6.10 Å². The van der Waals surface area contributed by atoms with E-state index in [1.165, 1.54) is 0 Å². The number of rotatable bonds is 7. The van der Waals surface area contributed by atoms with Crippen LogP contribution in [0, 0.1) is 5.92 Å². The summed E-state index contributed by atoms with van der Waals surface area (Å²) >= 11 is 0. The SMILES string of the molecule is CCNC(Cc1nc(C2COCCO2)no1)CC(C)C. The van der Waals surface area contributed by atoms with Gasteiger partial charge in [-0.05, 0) is 18.9 Å². The smallest absolute Gasteiger partial charge is 0.228 e. The zero-order chi connectivity index (χ0) is 14.4. The van der Waals surface area contributed by atoms with Crippen LogP contribution in [0.4, 0.5) is 0 Å². The molecule has 0 radical (unpaired) electrons. The third-order valence-electron chi connectivity index (χ3n) is 3.26. The maximum atomic E-state index is 5.57. The minimum Gasteiger partial charge on any atom is -0.376 e. The molecule has 20 heavy (non-hydrogen) atoms. The summed E-state index contributed by atoms with van der Waals surface area (Å²) < 4.78 is 16.3. The number of aromatic nitrogens is 2. The fourth-order valence-corrected chi connectivity index (χ4v) is 2.43. The largest absolute Gasteiger partial charge is 0.376 e. The Hall–Kier alpha value is -0.980.